The Morgan fingerprint density at radius 3 is 2.19 bits per heavy atom. The van der Waals surface area contributed by atoms with Crippen molar-refractivity contribution in [3.05, 3.63) is 87.5 Å². The number of rotatable bonds is 5. The molecule has 26 heavy (non-hydrogen) atoms. The van der Waals surface area contributed by atoms with Gasteiger partial charge in [-0.3, -0.25) is 4.79 Å². The molecule has 0 spiro atoms. The van der Waals surface area contributed by atoms with Crippen molar-refractivity contribution in [2.75, 3.05) is 5.75 Å². The van der Waals surface area contributed by atoms with Gasteiger partial charge in [-0.25, -0.2) is 8.42 Å². The molecular formula is C21H17IO3S. The molecule has 0 atom stereocenters. The Labute approximate surface area is 167 Å². The van der Waals surface area contributed by atoms with E-state index < -0.39 is 21.4 Å². The van der Waals surface area contributed by atoms with Gasteiger partial charge in [0.2, 0.25) is 0 Å². The van der Waals surface area contributed by atoms with Crippen LogP contribution in [-0.2, 0) is 9.84 Å². The first kappa shape index (κ1) is 18.8. The summed E-state index contributed by atoms with van der Waals surface area (Å²) >= 11 is 2.23. The number of benzene rings is 3. The molecule has 0 aliphatic heterocycles. The first-order valence-electron chi connectivity index (χ1n) is 8.04. The van der Waals surface area contributed by atoms with E-state index in [0.29, 0.717) is 5.56 Å². The van der Waals surface area contributed by atoms with Gasteiger partial charge in [0.05, 0.1) is 4.90 Å². The second-order valence-electron chi connectivity index (χ2n) is 6.08. The highest BCUT2D eigenvalue weighted by molar-refractivity contribution is 14.1. The molecular weight excluding hydrogens is 459 g/mol. The molecule has 0 aliphatic carbocycles. The van der Waals surface area contributed by atoms with Crippen molar-refractivity contribution >= 4 is 38.2 Å². The molecule has 132 valence electrons. The maximum Gasteiger partial charge on any atom is 0.185 e. The van der Waals surface area contributed by atoms with Gasteiger partial charge in [0.25, 0.3) is 0 Å². The zero-order valence-corrected chi connectivity index (χ0v) is 17.1. The third-order valence-corrected chi connectivity index (χ3v) is 6.42. The van der Waals surface area contributed by atoms with E-state index in [1.54, 1.807) is 42.5 Å². The van der Waals surface area contributed by atoms with Gasteiger partial charge in [0.1, 0.15) is 5.75 Å². The van der Waals surface area contributed by atoms with Gasteiger partial charge in [-0.05, 0) is 71.0 Å². The van der Waals surface area contributed by atoms with Crippen LogP contribution in [-0.4, -0.2) is 20.0 Å². The fourth-order valence-electron chi connectivity index (χ4n) is 2.60. The molecule has 0 saturated heterocycles. The van der Waals surface area contributed by atoms with Crippen LogP contribution in [0.5, 0.6) is 0 Å². The number of halogens is 1. The SMILES string of the molecule is Cc1ccc(S(=O)(=O)CC(=O)c2cccc(-c3ccc(I)cc3)c2)cc1. The lowest BCUT2D eigenvalue weighted by atomic mass is 10.0. The number of carbonyl (C=O) groups excluding carboxylic acids is 1. The molecule has 3 rings (SSSR count). The molecule has 0 aromatic heterocycles. The van der Waals surface area contributed by atoms with Crippen LogP contribution in [0.15, 0.2) is 77.7 Å². The lowest BCUT2D eigenvalue weighted by molar-refractivity contribution is 0.102. The Morgan fingerprint density at radius 2 is 1.54 bits per heavy atom. The third kappa shape index (κ3) is 4.40. The highest BCUT2D eigenvalue weighted by Crippen LogP contribution is 2.22. The van der Waals surface area contributed by atoms with Crippen molar-refractivity contribution in [3.8, 4) is 11.1 Å². The number of carbonyl (C=O) groups is 1. The monoisotopic (exact) mass is 476 g/mol. The van der Waals surface area contributed by atoms with E-state index in [2.05, 4.69) is 22.6 Å². The summed E-state index contributed by atoms with van der Waals surface area (Å²) in [6, 6.07) is 21.6. The Balaban J connectivity index is 1.85. The molecule has 0 amide bonds. The van der Waals surface area contributed by atoms with E-state index in [9.17, 15) is 13.2 Å². The number of aryl methyl sites for hydroxylation is 1. The van der Waals surface area contributed by atoms with Crippen LogP contribution in [0.3, 0.4) is 0 Å². The summed E-state index contributed by atoms with van der Waals surface area (Å²) in [4.78, 5) is 12.7. The third-order valence-electron chi connectivity index (χ3n) is 4.06. The highest BCUT2D eigenvalue weighted by Gasteiger charge is 2.20. The van der Waals surface area contributed by atoms with Crippen molar-refractivity contribution in [3.63, 3.8) is 0 Å². The molecule has 3 nitrogen and oxygen atoms in total. The minimum atomic E-state index is -3.66. The number of Topliss-reactive ketones (excluding diaryl/α,β-unsaturated/α-hetero) is 1. The van der Waals surface area contributed by atoms with E-state index >= 15 is 0 Å². The molecule has 0 aliphatic rings. The van der Waals surface area contributed by atoms with Crippen LogP contribution in [0.25, 0.3) is 11.1 Å². The highest BCUT2D eigenvalue weighted by atomic mass is 127. The van der Waals surface area contributed by atoms with Gasteiger partial charge in [-0.2, -0.15) is 0 Å². The van der Waals surface area contributed by atoms with Crippen LogP contribution in [0.2, 0.25) is 0 Å². The van der Waals surface area contributed by atoms with Gasteiger partial charge in [-0.1, -0.05) is 48.0 Å². The molecule has 0 bridgehead atoms. The molecule has 3 aromatic rings. The van der Waals surface area contributed by atoms with Crippen molar-refractivity contribution < 1.29 is 13.2 Å². The lowest BCUT2D eigenvalue weighted by Crippen LogP contribution is -2.16. The minimum Gasteiger partial charge on any atom is -0.293 e. The minimum absolute atomic E-state index is 0.172. The normalized spacial score (nSPS) is 11.3. The molecule has 3 aromatic carbocycles. The summed E-state index contributed by atoms with van der Waals surface area (Å²) in [5, 5.41) is 0. The fourth-order valence-corrected chi connectivity index (χ4v) is 4.19. The number of ketones is 1. The topological polar surface area (TPSA) is 51.2 Å². The lowest BCUT2D eigenvalue weighted by Gasteiger charge is -2.07. The van der Waals surface area contributed by atoms with Crippen LogP contribution in [0.4, 0.5) is 0 Å². The second-order valence-corrected chi connectivity index (χ2v) is 9.32. The quantitative estimate of drug-likeness (QED) is 0.388. The molecule has 0 unspecified atom stereocenters. The standard InChI is InChI=1S/C21H17IO3S/c1-15-5-11-20(12-6-15)26(24,25)14-21(23)18-4-2-3-17(13-18)16-7-9-19(22)10-8-16/h2-13H,14H2,1H3. The summed E-state index contributed by atoms with van der Waals surface area (Å²) in [6.45, 7) is 1.89. The predicted octanol–water partition coefficient (Wildman–Crippen LogP) is 4.92. The molecule has 0 saturated carbocycles. The van der Waals surface area contributed by atoms with Crippen LogP contribution in [0.1, 0.15) is 15.9 Å². The molecule has 0 heterocycles. The number of hydrogen-bond donors (Lipinski definition) is 0. The number of hydrogen-bond acceptors (Lipinski definition) is 3. The smallest absolute Gasteiger partial charge is 0.185 e. The average molecular weight is 476 g/mol. The zero-order chi connectivity index (χ0) is 18.7. The fraction of sp³-hybridized carbons (Fsp3) is 0.0952. The largest absolute Gasteiger partial charge is 0.293 e. The van der Waals surface area contributed by atoms with Crippen LogP contribution >= 0.6 is 22.6 Å². The second kappa shape index (κ2) is 7.72. The summed E-state index contributed by atoms with van der Waals surface area (Å²) < 4.78 is 26.1. The van der Waals surface area contributed by atoms with Gasteiger partial charge in [0, 0.05) is 9.13 Å². The van der Waals surface area contributed by atoms with Gasteiger partial charge >= 0.3 is 0 Å². The summed E-state index contributed by atoms with van der Waals surface area (Å²) in [6.07, 6.45) is 0. The number of sulfone groups is 1. The van der Waals surface area contributed by atoms with Gasteiger partial charge in [0.15, 0.2) is 15.6 Å². The first-order chi connectivity index (χ1) is 12.3. The van der Waals surface area contributed by atoms with E-state index in [1.807, 2.05) is 37.3 Å². The maximum absolute atomic E-state index is 12.6. The van der Waals surface area contributed by atoms with Gasteiger partial charge in [-0.15, -0.1) is 0 Å². The van der Waals surface area contributed by atoms with E-state index in [-0.39, 0.29) is 4.90 Å². The van der Waals surface area contributed by atoms with Crippen molar-refractivity contribution in [2.45, 2.75) is 11.8 Å². The average Bonchev–Trinajstić information content (AvgIpc) is 2.62. The van der Waals surface area contributed by atoms with Crippen LogP contribution < -0.4 is 0 Å². The maximum atomic E-state index is 12.6. The van der Waals surface area contributed by atoms with E-state index in [4.69, 9.17) is 0 Å². The summed E-state index contributed by atoms with van der Waals surface area (Å²) in [7, 11) is -3.66. The molecule has 0 N–H and O–H groups in total. The zero-order valence-electron chi connectivity index (χ0n) is 14.1. The Morgan fingerprint density at radius 1 is 0.885 bits per heavy atom. The molecule has 5 heteroatoms. The Kier molecular flexibility index (Phi) is 5.58. The van der Waals surface area contributed by atoms with Gasteiger partial charge < -0.3 is 0 Å². The van der Waals surface area contributed by atoms with Crippen molar-refractivity contribution in [1.29, 1.82) is 0 Å². The molecule has 0 radical (unpaired) electrons. The predicted molar refractivity (Wildman–Crippen MR) is 112 cm³/mol. The first-order valence-corrected chi connectivity index (χ1v) is 10.8. The van der Waals surface area contributed by atoms with E-state index in [1.165, 1.54) is 0 Å². The Hall–Kier alpha value is -1.99. The Bertz CT molecular complexity index is 1040. The summed E-state index contributed by atoms with van der Waals surface area (Å²) in [5.74, 6) is -0.940. The van der Waals surface area contributed by atoms with E-state index in [0.717, 1.165) is 20.3 Å². The van der Waals surface area contributed by atoms with Crippen molar-refractivity contribution in [1.82, 2.24) is 0 Å². The van der Waals surface area contributed by atoms with Crippen molar-refractivity contribution in [2.24, 2.45) is 0 Å². The summed E-state index contributed by atoms with van der Waals surface area (Å²) in [5.41, 5.74) is 3.25. The molecule has 0 fully saturated rings. The van der Waals surface area contributed by atoms with Crippen LogP contribution in [0, 0.1) is 10.5 Å².